The molecule has 3 aromatic rings. The van der Waals surface area contributed by atoms with E-state index in [4.69, 9.17) is 0 Å². The van der Waals surface area contributed by atoms with E-state index >= 15 is 0 Å². The molecule has 0 atom stereocenters. The van der Waals surface area contributed by atoms with Gasteiger partial charge in [-0.25, -0.2) is 13.5 Å². The van der Waals surface area contributed by atoms with Gasteiger partial charge in [-0.1, -0.05) is 30.3 Å². The number of hydrogen-bond acceptors (Lipinski definition) is 4. The Morgan fingerprint density at radius 3 is 2.06 bits per heavy atom. The lowest BCUT2D eigenvalue weighted by Crippen LogP contribution is -2.43. The highest BCUT2D eigenvalue weighted by molar-refractivity contribution is 7.91. The van der Waals surface area contributed by atoms with E-state index in [1.807, 2.05) is 4.72 Å². The minimum atomic E-state index is -4.35. The third-order valence-corrected chi connectivity index (χ3v) is 6.35. The van der Waals surface area contributed by atoms with Crippen LogP contribution in [0.5, 0.6) is 0 Å². The Morgan fingerprint density at radius 1 is 0.844 bits per heavy atom. The summed E-state index contributed by atoms with van der Waals surface area (Å²) in [5.74, 6) is -3.32. The van der Waals surface area contributed by atoms with Crippen molar-refractivity contribution in [1.29, 1.82) is 0 Å². The van der Waals surface area contributed by atoms with Crippen LogP contribution in [-0.4, -0.2) is 26.8 Å². The van der Waals surface area contributed by atoms with Crippen LogP contribution in [0.3, 0.4) is 0 Å². The van der Waals surface area contributed by atoms with Crippen molar-refractivity contribution in [3.05, 3.63) is 95.1 Å². The first-order chi connectivity index (χ1) is 15.3. The summed E-state index contributed by atoms with van der Waals surface area (Å²) >= 11 is 0. The Labute approximate surface area is 182 Å². The van der Waals surface area contributed by atoms with E-state index in [2.05, 4.69) is 5.32 Å². The number of amides is 2. The number of carbonyl (C=O) groups excluding carboxylic acids is 2. The SMILES string of the molecule is O=C(Nc1ccc2c(c1)N(S(=O)(=O)NC(=O)c1ccccc1F)CC2)c1ccccc1F. The van der Waals surface area contributed by atoms with E-state index in [0.29, 0.717) is 12.0 Å². The molecule has 0 saturated carbocycles. The third kappa shape index (κ3) is 4.17. The van der Waals surface area contributed by atoms with Crippen LogP contribution in [0.15, 0.2) is 66.7 Å². The molecular weight excluding hydrogens is 440 g/mol. The van der Waals surface area contributed by atoms with Crippen molar-refractivity contribution in [2.45, 2.75) is 6.42 Å². The van der Waals surface area contributed by atoms with Crippen molar-refractivity contribution in [3.63, 3.8) is 0 Å². The Hall–Kier alpha value is -3.79. The zero-order valence-electron chi connectivity index (χ0n) is 16.5. The highest BCUT2D eigenvalue weighted by Gasteiger charge is 2.32. The lowest BCUT2D eigenvalue weighted by Gasteiger charge is -2.20. The fourth-order valence-corrected chi connectivity index (χ4v) is 4.61. The van der Waals surface area contributed by atoms with Gasteiger partial charge in [0.15, 0.2) is 0 Å². The van der Waals surface area contributed by atoms with Crippen molar-refractivity contribution in [1.82, 2.24) is 4.72 Å². The number of anilines is 2. The molecule has 0 radical (unpaired) electrons. The lowest BCUT2D eigenvalue weighted by molar-refractivity contribution is 0.0975. The molecule has 0 aromatic heterocycles. The maximum absolute atomic E-state index is 13.9. The summed E-state index contributed by atoms with van der Waals surface area (Å²) in [6.45, 7) is 0.0555. The minimum absolute atomic E-state index is 0.0555. The van der Waals surface area contributed by atoms with Crippen LogP contribution in [0, 0.1) is 11.6 Å². The second-order valence-electron chi connectivity index (χ2n) is 7.02. The highest BCUT2D eigenvalue weighted by Crippen LogP contribution is 2.33. The average molecular weight is 457 g/mol. The molecule has 0 fully saturated rings. The van der Waals surface area contributed by atoms with Crippen molar-refractivity contribution in [2.24, 2.45) is 0 Å². The monoisotopic (exact) mass is 457 g/mol. The molecule has 4 rings (SSSR count). The van der Waals surface area contributed by atoms with Gasteiger partial charge in [-0.05, 0) is 48.4 Å². The van der Waals surface area contributed by atoms with Gasteiger partial charge in [0.25, 0.3) is 11.8 Å². The fraction of sp³-hybridized carbons (Fsp3) is 0.0909. The van der Waals surface area contributed by atoms with Gasteiger partial charge in [-0.2, -0.15) is 8.42 Å². The molecule has 0 spiro atoms. The number of nitrogens with zero attached hydrogens (tertiary/aromatic N) is 1. The first-order valence-corrected chi connectivity index (χ1v) is 11.0. The van der Waals surface area contributed by atoms with Gasteiger partial charge in [0.1, 0.15) is 11.6 Å². The van der Waals surface area contributed by atoms with Crippen LogP contribution in [0.4, 0.5) is 20.2 Å². The van der Waals surface area contributed by atoms with Crippen molar-refractivity contribution >= 4 is 33.4 Å². The van der Waals surface area contributed by atoms with Crippen LogP contribution in [-0.2, 0) is 16.6 Å². The van der Waals surface area contributed by atoms with E-state index in [9.17, 15) is 26.8 Å². The lowest BCUT2D eigenvalue weighted by atomic mass is 10.1. The second-order valence-corrected chi connectivity index (χ2v) is 8.61. The van der Waals surface area contributed by atoms with E-state index in [1.165, 1.54) is 42.5 Å². The van der Waals surface area contributed by atoms with Gasteiger partial charge >= 0.3 is 10.2 Å². The molecule has 164 valence electrons. The topological polar surface area (TPSA) is 95.6 Å². The molecule has 3 aromatic carbocycles. The predicted octanol–water partition coefficient (Wildman–Crippen LogP) is 3.25. The number of benzene rings is 3. The number of halogens is 2. The van der Waals surface area contributed by atoms with E-state index in [1.54, 1.807) is 12.1 Å². The Balaban J connectivity index is 1.56. The summed E-state index contributed by atoms with van der Waals surface area (Å²) in [7, 11) is -4.35. The molecule has 1 aliphatic heterocycles. The molecule has 0 unspecified atom stereocenters. The largest absolute Gasteiger partial charge is 0.326 e. The van der Waals surface area contributed by atoms with Crippen LogP contribution >= 0.6 is 0 Å². The zero-order valence-corrected chi connectivity index (χ0v) is 17.3. The van der Waals surface area contributed by atoms with Gasteiger partial charge in [-0.3, -0.25) is 13.9 Å². The second kappa shape index (κ2) is 8.39. The van der Waals surface area contributed by atoms with E-state index in [0.717, 1.165) is 16.4 Å². The Morgan fingerprint density at radius 2 is 1.44 bits per heavy atom. The smallest absolute Gasteiger partial charge is 0.322 e. The van der Waals surface area contributed by atoms with E-state index < -0.39 is 39.2 Å². The number of hydrogen-bond donors (Lipinski definition) is 2. The molecule has 1 aliphatic rings. The molecule has 10 heteroatoms. The van der Waals surface area contributed by atoms with Gasteiger partial charge in [0.2, 0.25) is 0 Å². The van der Waals surface area contributed by atoms with Crippen LogP contribution in [0.2, 0.25) is 0 Å². The van der Waals surface area contributed by atoms with Gasteiger partial charge < -0.3 is 5.32 Å². The fourth-order valence-electron chi connectivity index (χ4n) is 3.39. The molecule has 2 amide bonds. The Kier molecular flexibility index (Phi) is 5.62. The summed E-state index contributed by atoms with van der Waals surface area (Å²) < 4.78 is 56.2. The predicted molar refractivity (Wildman–Crippen MR) is 115 cm³/mol. The number of fused-ring (bicyclic) bond motifs is 1. The number of rotatable bonds is 5. The quantitative estimate of drug-likeness (QED) is 0.615. The van der Waals surface area contributed by atoms with Crippen LogP contribution in [0.1, 0.15) is 26.3 Å². The van der Waals surface area contributed by atoms with Crippen molar-refractivity contribution in [2.75, 3.05) is 16.2 Å². The highest BCUT2D eigenvalue weighted by atomic mass is 32.2. The third-order valence-electron chi connectivity index (χ3n) is 4.94. The molecule has 32 heavy (non-hydrogen) atoms. The summed E-state index contributed by atoms with van der Waals surface area (Å²) in [5, 5.41) is 2.54. The normalized spacial score (nSPS) is 12.9. The van der Waals surface area contributed by atoms with Gasteiger partial charge in [0.05, 0.1) is 16.8 Å². The first-order valence-electron chi connectivity index (χ1n) is 9.54. The number of carbonyl (C=O) groups is 2. The summed E-state index contributed by atoms with van der Waals surface area (Å²) in [6.07, 6.45) is 0.381. The molecule has 7 nitrogen and oxygen atoms in total. The summed E-state index contributed by atoms with van der Waals surface area (Å²) in [6, 6.07) is 15.1. The molecule has 0 saturated heterocycles. The van der Waals surface area contributed by atoms with Crippen LogP contribution in [0.25, 0.3) is 0 Å². The molecule has 0 bridgehead atoms. The molecule has 2 N–H and O–H groups in total. The van der Waals surface area contributed by atoms with Gasteiger partial charge in [-0.15, -0.1) is 0 Å². The molecule has 0 aliphatic carbocycles. The first kappa shape index (κ1) is 21.4. The average Bonchev–Trinajstić information content (AvgIpc) is 3.18. The van der Waals surface area contributed by atoms with Crippen molar-refractivity contribution < 1.29 is 26.8 Å². The Bertz CT molecular complexity index is 1330. The maximum Gasteiger partial charge on any atom is 0.326 e. The van der Waals surface area contributed by atoms with Crippen molar-refractivity contribution in [3.8, 4) is 0 Å². The zero-order chi connectivity index (χ0) is 22.9. The number of nitrogens with one attached hydrogen (secondary N) is 2. The van der Waals surface area contributed by atoms with Crippen LogP contribution < -0.4 is 14.3 Å². The standard InChI is InChI=1S/C22H17F2N3O4S/c23-18-7-3-1-5-16(18)21(28)25-15-10-9-14-11-12-27(20(14)13-15)32(30,31)26-22(29)17-6-2-4-8-19(17)24/h1-10,13H,11-12H2,(H,25,28)(H,26,29). The molecule has 1 heterocycles. The summed E-state index contributed by atoms with van der Waals surface area (Å²) in [4.78, 5) is 24.7. The van der Waals surface area contributed by atoms with Gasteiger partial charge in [0, 0.05) is 12.2 Å². The van der Waals surface area contributed by atoms with E-state index in [-0.39, 0.29) is 23.5 Å². The minimum Gasteiger partial charge on any atom is -0.322 e. The maximum atomic E-state index is 13.9. The molecular formula is C22H17F2N3O4S. The summed E-state index contributed by atoms with van der Waals surface area (Å²) in [5.41, 5.74) is 0.623.